The smallest absolute Gasteiger partial charge is 0.183 e. The van der Waals surface area contributed by atoms with E-state index in [2.05, 4.69) is 15.5 Å². The van der Waals surface area contributed by atoms with E-state index in [4.69, 9.17) is 17.3 Å². The number of rotatable bonds is 3. The Kier molecular flexibility index (Phi) is 3.53. The first-order chi connectivity index (χ1) is 10.1. The third kappa shape index (κ3) is 2.85. The normalized spacial score (nSPS) is 10.8. The third-order valence-electron chi connectivity index (χ3n) is 3.01. The Morgan fingerprint density at radius 3 is 2.62 bits per heavy atom. The van der Waals surface area contributed by atoms with E-state index in [9.17, 15) is 4.39 Å². The number of hydrogen-bond donors (Lipinski definition) is 1. The standard InChI is InChI=1S/C14H11ClFN5/c15-13-7-11(17)5-6-12(13)14-18-19-20-21(14)8-9-1-3-10(16)4-2-9/h1-7H,8,17H2. The van der Waals surface area contributed by atoms with E-state index >= 15 is 0 Å². The van der Waals surface area contributed by atoms with Gasteiger partial charge >= 0.3 is 0 Å². The van der Waals surface area contributed by atoms with Crippen molar-refractivity contribution in [1.82, 2.24) is 20.2 Å². The number of anilines is 1. The second kappa shape index (κ2) is 5.49. The van der Waals surface area contributed by atoms with Gasteiger partial charge in [-0.2, -0.15) is 0 Å². The van der Waals surface area contributed by atoms with Crippen LogP contribution in [0.25, 0.3) is 11.4 Å². The van der Waals surface area contributed by atoms with E-state index in [0.29, 0.717) is 28.6 Å². The number of nitrogens with two attached hydrogens (primary N) is 1. The van der Waals surface area contributed by atoms with Gasteiger partial charge < -0.3 is 5.73 Å². The van der Waals surface area contributed by atoms with Gasteiger partial charge in [0.1, 0.15) is 5.82 Å². The van der Waals surface area contributed by atoms with Crippen LogP contribution in [0.2, 0.25) is 5.02 Å². The van der Waals surface area contributed by atoms with Crippen LogP contribution in [-0.4, -0.2) is 20.2 Å². The zero-order valence-electron chi connectivity index (χ0n) is 10.9. The number of nitrogens with zero attached hydrogens (tertiary/aromatic N) is 4. The summed E-state index contributed by atoms with van der Waals surface area (Å²) in [7, 11) is 0. The van der Waals surface area contributed by atoms with E-state index in [0.717, 1.165) is 5.56 Å². The predicted molar refractivity (Wildman–Crippen MR) is 78.2 cm³/mol. The largest absolute Gasteiger partial charge is 0.399 e. The molecule has 1 aromatic heterocycles. The first kappa shape index (κ1) is 13.5. The minimum atomic E-state index is -0.280. The molecule has 0 aliphatic rings. The predicted octanol–water partition coefficient (Wildman–Crippen LogP) is 2.76. The van der Waals surface area contributed by atoms with E-state index in [1.165, 1.54) is 12.1 Å². The molecule has 3 rings (SSSR count). The van der Waals surface area contributed by atoms with Crippen LogP contribution in [0.3, 0.4) is 0 Å². The Balaban J connectivity index is 1.95. The third-order valence-corrected chi connectivity index (χ3v) is 3.32. The molecule has 0 radical (unpaired) electrons. The van der Waals surface area contributed by atoms with E-state index in [1.807, 2.05) is 0 Å². The highest BCUT2D eigenvalue weighted by Gasteiger charge is 2.13. The van der Waals surface area contributed by atoms with Gasteiger partial charge in [-0.25, -0.2) is 9.07 Å². The van der Waals surface area contributed by atoms with Crippen LogP contribution in [0.1, 0.15) is 5.56 Å². The van der Waals surface area contributed by atoms with Gasteiger partial charge in [0.25, 0.3) is 0 Å². The molecule has 0 bridgehead atoms. The first-order valence-electron chi connectivity index (χ1n) is 6.19. The summed E-state index contributed by atoms with van der Waals surface area (Å²) in [6.07, 6.45) is 0. The average Bonchev–Trinajstić information content (AvgIpc) is 2.89. The maximum Gasteiger partial charge on any atom is 0.183 e. The fourth-order valence-electron chi connectivity index (χ4n) is 1.98. The molecule has 21 heavy (non-hydrogen) atoms. The second-order valence-corrected chi connectivity index (χ2v) is 4.93. The van der Waals surface area contributed by atoms with Crippen LogP contribution >= 0.6 is 11.6 Å². The van der Waals surface area contributed by atoms with Gasteiger partial charge in [-0.05, 0) is 46.3 Å². The lowest BCUT2D eigenvalue weighted by Crippen LogP contribution is -2.04. The van der Waals surface area contributed by atoms with Crippen LogP contribution in [0, 0.1) is 5.82 Å². The lowest BCUT2D eigenvalue weighted by atomic mass is 10.2. The van der Waals surface area contributed by atoms with Crippen LogP contribution in [0.5, 0.6) is 0 Å². The molecule has 0 unspecified atom stereocenters. The van der Waals surface area contributed by atoms with Crippen LogP contribution < -0.4 is 5.73 Å². The Morgan fingerprint density at radius 1 is 1.14 bits per heavy atom. The molecule has 0 spiro atoms. The van der Waals surface area contributed by atoms with Gasteiger partial charge in [0, 0.05) is 11.3 Å². The Hall–Kier alpha value is -2.47. The maximum atomic E-state index is 12.9. The minimum Gasteiger partial charge on any atom is -0.399 e. The molecule has 1 heterocycles. The van der Waals surface area contributed by atoms with Crippen molar-refractivity contribution in [2.75, 3.05) is 5.73 Å². The summed E-state index contributed by atoms with van der Waals surface area (Å²) >= 11 is 6.18. The minimum absolute atomic E-state index is 0.280. The number of benzene rings is 2. The molecule has 0 amide bonds. The van der Waals surface area contributed by atoms with Crippen molar-refractivity contribution in [1.29, 1.82) is 0 Å². The second-order valence-electron chi connectivity index (χ2n) is 4.53. The van der Waals surface area contributed by atoms with Gasteiger partial charge in [-0.15, -0.1) is 5.10 Å². The van der Waals surface area contributed by atoms with Crippen LogP contribution in [-0.2, 0) is 6.54 Å². The molecule has 0 atom stereocenters. The molecular formula is C14H11ClFN5. The van der Waals surface area contributed by atoms with Gasteiger partial charge in [0.05, 0.1) is 11.6 Å². The number of nitrogen functional groups attached to an aromatic ring is 1. The molecular weight excluding hydrogens is 293 g/mol. The highest BCUT2D eigenvalue weighted by molar-refractivity contribution is 6.33. The molecule has 0 saturated heterocycles. The van der Waals surface area contributed by atoms with Crippen LogP contribution in [0.15, 0.2) is 42.5 Å². The van der Waals surface area contributed by atoms with Crippen molar-refractivity contribution < 1.29 is 4.39 Å². The summed E-state index contributed by atoms with van der Waals surface area (Å²) in [5, 5.41) is 12.1. The van der Waals surface area contributed by atoms with E-state index in [-0.39, 0.29) is 5.82 Å². The molecule has 0 saturated carbocycles. The lowest BCUT2D eigenvalue weighted by molar-refractivity contribution is 0.622. The monoisotopic (exact) mass is 303 g/mol. The molecule has 5 nitrogen and oxygen atoms in total. The summed E-state index contributed by atoms with van der Waals surface area (Å²) in [6.45, 7) is 0.420. The topological polar surface area (TPSA) is 69.6 Å². The Labute approximate surface area is 125 Å². The number of halogens is 2. The number of tetrazole rings is 1. The van der Waals surface area contributed by atoms with Gasteiger partial charge in [-0.1, -0.05) is 23.7 Å². The van der Waals surface area contributed by atoms with Gasteiger partial charge in [-0.3, -0.25) is 0 Å². The van der Waals surface area contributed by atoms with E-state index < -0.39 is 0 Å². The molecule has 3 aromatic rings. The number of hydrogen-bond acceptors (Lipinski definition) is 4. The van der Waals surface area contributed by atoms with Crippen molar-refractivity contribution in [3.8, 4) is 11.4 Å². The maximum absolute atomic E-state index is 12.9. The molecule has 106 valence electrons. The van der Waals surface area contributed by atoms with E-state index in [1.54, 1.807) is 35.0 Å². The van der Waals surface area contributed by atoms with Gasteiger partial charge in [0.15, 0.2) is 5.82 Å². The summed E-state index contributed by atoms with van der Waals surface area (Å²) < 4.78 is 14.5. The fourth-order valence-corrected chi connectivity index (χ4v) is 2.25. The molecule has 2 aromatic carbocycles. The van der Waals surface area contributed by atoms with Gasteiger partial charge in [0.2, 0.25) is 0 Å². The molecule has 7 heteroatoms. The van der Waals surface area contributed by atoms with Crippen molar-refractivity contribution in [2.24, 2.45) is 0 Å². The van der Waals surface area contributed by atoms with Crippen molar-refractivity contribution in [3.63, 3.8) is 0 Å². The lowest BCUT2D eigenvalue weighted by Gasteiger charge is -2.07. The summed E-state index contributed by atoms with van der Waals surface area (Å²) in [4.78, 5) is 0. The van der Waals surface area contributed by atoms with Crippen molar-refractivity contribution in [3.05, 3.63) is 58.9 Å². The molecule has 0 aliphatic carbocycles. The van der Waals surface area contributed by atoms with Crippen molar-refractivity contribution in [2.45, 2.75) is 6.54 Å². The summed E-state index contributed by atoms with van der Waals surface area (Å²) in [5.41, 5.74) is 7.83. The molecule has 0 fully saturated rings. The summed E-state index contributed by atoms with van der Waals surface area (Å²) in [5.74, 6) is 0.251. The Bertz CT molecular complexity index is 769. The fraction of sp³-hybridized carbons (Fsp3) is 0.0714. The zero-order chi connectivity index (χ0) is 14.8. The summed E-state index contributed by atoms with van der Waals surface area (Å²) in [6, 6.07) is 11.3. The Morgan fingerprint density at radius 2 is 1.90 bits per heavy atom. The van der Waals surface area contributed by atoms with Crippen molar-refractivity contribution >= 4 is 17.3 Å². The zero-order valence-corrected chi connectivity index (χ0v) is 11.6. The molecule has 0 aliphatic heterocycles. The quantitative estimate of drug-likeness (QED) is 0.755. The molecule has 2 N–H and O–H groups in total. The SMILES string of the molecule is Nc1ccc(-c2nnnn2Cc2ccc(F)cc2)c(Cl)c1. The van der Waals surface area contributed by atoms with Crippen LogP contribution in [0.4, 0.5) is 10.1 Å². The highest BCUT2D eigenvalue weighted by atomic mass is 35.5. The number of aromatic nitrogens is 4. The first-order valence-corrected chi connectivity index (χ1v) is 6.57. The highest BCUT2D eigenvalue weighted by Crippen LogP contribution is 2.27. The average molecular weight is 304 g/mol.